The Kier molecular flexibility index (Phi) is 3.40. The van der Waals surface area contributed by atoms with Crippen LogP contribution in [-0.4, -0.2) is 65.7 Å². The second-order valence-electron chi connectivity index (χ2n) is 7.15. The third-order valence-electron chi connectivity index (χ3n) is 5.61. The van der Waals surface area contributed by atoms with Crippen molar-refractivity contribution in [2.24, 2.45) is 5.92 Å². The van der Waals surface area contributed by atoms with Crippen molar-refractivity contribution in [1.29, 1.82) is 0 Å². The van der Waals surface area contributed by atoms with E-state index in [1.165, 1.54) is 0 Å². The number of hydrogen-bond acceptors (Lipinski definition) is 3. The Bertz CT molecular complexity index is 488. The molecule has 0 radical (unpaired) electrons. The van der Waals surface area contributed by atoms with E-state index in [0.29, 0.717) is 32.4 Å². The third kappa shape index (κ3) is 2.32. The Balaban J connectivity index is 1.52. The van der Waals surface area contributed by atoms with Gasteiger partial charge in [0, 0.05) is 26.2 Å². The molecule has 3 heterocycles. The number of ether oxygens (including phenoxy) is 1. The number of likely N-dealkylation sites (tertiary alicyclic amines) is 2. The molecule has 3 aliphatic heterocycles. The fourth-order valence-electron chi connectivity index (χ4n) is 4.14. The Morgan fingerprint density at radius 3 is 2.59 bits per heavy atom. The summed E-state index contributed by atoms with van der Waals surface area (Å²) in [5, 5.41) is 0. The highest BCUT2D eigenvalue weighted by Gasteiger charge is 2.56. The molecule has 0 spiro atoms. The molecule has 3 atom stereocenters. The first kappa shape index (κ1) is 14.4. The maximum Gasteiger partial charge on any atom is 0.260 e. The van der Waals surface area contributed by atoms with Crippen molar-refractivity contribution in [3.63, 3.8) is 0 Å². The molecule has 122 valence electrons. The highest BCUT2D eigenvalue weighted by atomic mass is 19.1. The minimum atomic E-state index is -1.66. The van der Waals surface area contributed by atoms with E-state index in [-0.39, 0.29) is 24.0 Å². The number of carbonyl (C=O) groups excluding carboxylic acids is 2. The Hall–Kier alpha value is -1.17. The van der Waals surface area contributed by atoms with Crippen molar-refractivity contribution in [2.45, 2.75) is 56.3 Å². The minimum absolute atomic E-state index is 0.0386. The van der Waals surface area contributed by atoms with Gasteiger partial charge in [0.05, 0.1) is 18.1 Å². The lowest BCUT2D eigenvalue weighted by molar-refractivity contribution is -0.150. The summed E-state index contributed by atoms with van der Waals surface area (Å²) in [6.07, 6.45) is 4.09. The standard InChI is InChI=1S/C16H23FN2O3/c17-16(4-5-16)15(21)19-10-11(9-13-12(19)3-8-22-13)14(20)18-6-1-2-7-18/h11-13H,1-10H2/t11-,12-,13-/m1/s1. The van der Waals surface area contributed by atoms with Gasteiger partial charge in [0.25, 0.3) is 5.91 Å². The molecule has 0 aromatic heterocycles. The van der Waals surface area contributed by atoms with Crippen LogP contribution in [0.2, 0.25) is 0 Å². The molecule has 1 saturated carbocycles. The zero-order valence-electron chi connectivity index (χ0n) is 12.8. The Morgan fingerprint density at radius 1 is 1.18 bits per heavy atom. The van der Waals surface area contributed by atoms with E-state index in [2.05, 4.69) is 0 Å². The molecule has 0 aromatic carbocycles. The van der Waals surface area contributed by atoms with E-state index < -0.39 is 11.6 Å². The quantitative estimate of drug-likeness (QED) is 0.768. The largest absolute Gasteiger partial charge is 0.376 e. The predicted octanol–water partition coefficient (Wildman–Crippen LogP) is 1.12. The van der Waals surface area contributed by atoms with Crippen LogP contribution in [0.1, 0.15) is 38.5 Å². The maximum atomic E-state index is 14.2. The van der Waals surface area contributed by atoms with Crippen LogP contribution >= 0.6 is 0 Å². The highest BCUT2D eigenvalue weighted by molar-refractivity contribution is 5.89. The molecule has 0 N–H and O–H groups in total. The average Bonchev–Trinajstić information content (AvgIpc) is 3.00. The van der Waals surface area contributed by atoms with Gasteiger partial charge in [0.2, 0.25) is 5.91 Å². The number of hydrogen-bond donors (Lipinski definition) is 0. The normalized spacial score (nSPS) is 36.3. The molecule has 0 unspecified atom stereocenters. The van der Waals surface area contributed by atoms with Crippen molar-refractivity contribution >= 4 is 11.8 Å². The van der Waals surface area contributed by atoms with Gasteiger partial charge in [0.15, 0.2) is 5.67 Å². The number of nitrogens with zero attached hydrogens (tertiary/aromatic N) is 2. The molecular formula is C16H23FN2O3. The van der Waals surface area contributed by atoms with Crippen LogP contribution in [0, 0.1) is 5.92 Å². The number of carbonyl (C=O) groups is 2. The van der Waals surface area contributed by atoms with Crippen molar-refractivity contribution in [3.8, 4) is 0 Å². The van der Waals surface area contributed by atoms with Gasteiger partial charge in [0.1, 0.15) is 0 Å². The third-order valence-corrected chi connectivity index (χ3v) is 5.61. The van der Waals surface area contributed by atoms with Gasteiger partial charge in [-0.25, -0.2) is 4.39 Å². The SMILES string of the molecule is O=C([C@@H]1C[C@H]2OCC[C@H]2N(C(=O)C2(F)CC2)C1)N1CCCC1. The number of alkyl halides is 1. The summed E-state index contributed by atoms with van der Waals surface area (Å²) in [6.45, 7) is 2.59. The van der Waals surface area contributed by atoms with Crippen molar-refractivity contribution in [3.05, 3.63) is 0 Å². The molecule has 6 heteroatoms. The number of piperidine rings is 1. The molecule has 0 aromatic rings. The van der Waals surface area contributed by atoms with Crippen LogP contribution in [0.25, 0.3) is 0 Å². The lowest BCUT2D eigenvalue weighted by atomic mass is 9.88. The van der Waals surface area contributed by atoms with Crippen molar-refractivity contribution in [2.75, 3.05) is 26.2 Å². The van der Waals surface area contributed by atoms with E-state index in [4.69, 9.17) is 4.74 Å². The summed E-state index contributed by atoms with van der Waals surface area (Å²) in [5.41, 5.74) is -1.66. The van der Waals surface area contributed by atoms with Gasteiger partial charge in [-0.1, -0.05) is 0 Å². The van der Waals surface area contributed by atoms with Gasteiger partial charge in [-0.05, 0) is 38.5 Å². The number of amides is 2. The molecule has 4 fully saturated rings. The van der Waals surface area contributed by atoms with Gasteiger partial charge < -0.3 is 14.5 Å². The fourth-order valence-corrected chi connectivity index (χ4v) is 4.14. The molecule has 5 nitrogen and oxygen atoms in total. The molecule has 3 saturated heterocycles. The second kappa shape index (κ2) is 5.18. The lowest BCUT2D eigenvalue weighted by Gasteiger charge is -2.41. The summed E-state index contributed by atoms with van der Waals surface area (Å²) >= 11 is 0. The summed E-state index contributed by atoms with van der Waals surface area (Å²) in [6, 6.07) is -0.0386. The van der Waals surface area contributed by atoms with Crippen LogP contribution in [-0.2, 0) is 14.3 Å². The molecule has 22 heavy (non-hydrogen) atoms. The predicted molar refractivity (Wildman–Crippen MR) is 76.9 cm³/mol. The number of rotatable bonds is 2. The van der Waals surface area contributed by atoms with Crippen molar-refractivity contribution < 1.29 is 18.7 Å². The van der Waals surface area contributed by atoms with E-state index in [1.54, 1.807) is 4.90 Å². The van der Waals surface area contributed by atoms with Gasteiger partial charge in [-0.15, -0.1) is 0 Å². The monoisotopic (exact) mass is 310 g/mol. The van der Waals surface area contributed by atoms with E-state index >= 15 is 0 Å². The minimum Gasteiger partial charge on any atom is -0.376 e. The summed E-state index contributed by atoms with van der Waals surface area (Å²) in [5.74, 6) is -0.524. The number of fused-ring (bicyclic) bond motifs is 1. The first-order valence-electron chi connectivity index (χ1n) is 8.49. The van der Waals surface area contributed by atoms with Crippen LogP contribution < -0.4 is 0 Å². The van der Waals surface area contributed by atoms with Crippen LogP contribution in [0.4, 0.5) is 4.39 Å². The smallest absolute Gasteiger partial charge is 0.260 e. The van der Waals surface area contributed by atoms with Gasteiger partial charge in [-0.2, -0.15) is 0 Å². The number of halogens is 1. The highest BCUT2D eigenvalue weighted by Crippen LogP contribution is 2.44. The molecule has 1 aliphatic carbocycles. The molecule has 2 amide bonds. The first-order chi connectivity index (χ1) is 10.6. The second-order valence-corrected chi connectivity index (χ2v) is 7.15. The van der Waals surface area contributed by atoms with E-state index in [0.717, 1.165) is 32.4 Å². The van der Waals surface area contributed by atoms with Gasteiger partial charge >= 0.3 is 0 Å². The lowest BCUT2D eigenvalue weighted by Crippen LogP contribution is -2.57. The zero-order chi connectivity index (χ0) is 15.3. The van der Waals surface area contributed by atoms with Gasteiger partial charge in [-0.3, -0.25) is 9.59 Å². The first-order valence-corrected chi connectivity index (χ1v) is 8.49. The zero-order valence-corrected chi connectivity index (χ0v) is 12.8. The Morgan fingerprint density at radius 2 is 1.91 bits per heavy atom. The van der Waals surface area contributed by atoms with Crippen LogP contribution in [0.3, 0.4) is 0 Å². The topological polar surface area (TPSA) is 49.9 Å². The van der Waals surface area contributed by atoms with Crippen LogP contribution in [0.15, 0.2) is 0 Å². The summed E-state index contributed by atoms with van der Waals surface area (Å²) < 4.78 is 20.0. The average molecular weight is 310 g/mol. The molecule has 4 aliphatic rings. The molecule has 0 bridgehead atoms. The van der Waals surface area contributed by atoms with Crippen molar-refractivity contribution in [1.82, 2.24) is 9.80 Å². The van der Waals surface area contributed by atoms with E-state index in [9.17, 15) is 14.0 Å². The summed E-state index contributed by atoms with van der Waals surface area (Å²) in [4.78, 5) is 28.7. The fraction of sp³-hybridized carbons (Fsp3) is 0.875. The molecule has 4 rings (SSSR count). The summed E-state index contributed by atoms with van der Waals surface area (Å²) in [7, 11) is 0. The van der Waals surface area contributed by atoms with E-state index in [1.807, 2.05) is 4.90 Å². The molecular weight excluding hydrogens is 287 g/mol. The Labute approximate surface area is 129 Å². The van der Waals surface area contributed by atoms with Crippen LogP contribution in [0.5, 0.6) is 0 Å². The maximum absolute atomic E-state index is 14.2.